The van der Waals surface area contributed by atoms with Crippen LogP contribution in [0.25, 0.3) is 0 Å². The van der Waals surface area contributed by atoms with Crippen LogP contribution in [-0.4, -0.2) is 19.7 Å². The molecule has 0 unspecified atom stereocenters. The van der Waals surface area contributed by atoms with Crippen molar-refractivity contribution in [1.29, 1.82) is 0 Å². The quantitative estimate of drug-likeness (QED) is 0.646. The van der Waals surface area contributed by atoms with Crippen LogP contribution < -0.4 is 14.6 Å². The van der Waals surface area contributed by atoms with Gasteiger partial charge in [0.2, 0.25) is 0 Å². The normalized spacial score (nSPS) is 9.31. The highest BCUT2D eigenvalue weighted by atomic mass is 16.5. The number of hydrogen-bond donors (Lipinski definition) is 0. The Kier molecular flexibility index (Phi) is 3.14. The van der Waals surface area contributed by atoms with Crippen LogP contribution in [0.4, 0.5) is 0 Å². The van der Waals surface area contributed by atoms with E-state index in [2.05, 4.69) is 0 Å². The van der Waals surface area contributed by atoms with Gasteiger partial charge in [-0.2, -0.15) is 0 Å². The first kappa shape index (κ1) is 9.38. The van der Waals surface area contributed by atoms with Crippen molar-refractivity contribution >= 4 is 5.97 Å². The maximum Gasteiger partial charge on any atom is 0.128 e. The van der Waals surface area contributed by atoms with Gasteiger partial charge in [0.1, 0.15) is 18.1 Å². The summed E-state index contributed by atoms with van der Waals surface area (Å²) in [7, 11) is 1.53. The Bertz CT molecular complexity index is 295. The molecular formula is C9H9O4-. The summed E-state index contributed by atoms with van der Waals surface area (Å²) in [5, 5.41) is 10.1. The maximum absolute atomic E-state index is 10.1. The molecule has 0 aliphatic heterocycles. The van der Waals surface area contributed by atoms with E-state index < -0.39 is 12.6 Å². The van der Waals surface area contributed by atoms with Crippen molar-refractivity contribution in [3.05, 3.63) is 24.3 Å². The molecule has 0 atom stereocenters. The molecule has 0 bridgehead atoms. The lowest BCUT2D eigenvalue weighted by Gasteiger charge is -2.07. The molecule has 0 N–H and O–H groups in total. The van der Waals surface area contributed by atoms with E-state index in [0.29, 0.717) is 11.5 Å². The first-order chi connectivity index (χ1) is 6.22. The first-order valence-corrected chi connectivity index (χ1v) is 3.69. The second-order valence-corrected chi connectivity index (χ2v) is 2.34. The molecular weight excluding hydrogens is 172 g/mol. The van der Waals surface area contributed by atoms with Gasteiger partial charge in [0, 0.05) is 6.07 Å². The van der Waals surface area contributed by atoms with Gasteiger partial charge < -0.3 is 19.4 Å². The van der Waals surface area contributed by atoms with Gasteiger partial charge in [-0.05, 0) is 12.1 Å². The summed E-state index contributed by atoms with van der Waals surface area (Å²) in [6.45, 7) is -0.451. The van der Waals surface area contributed by atoms with E-state index in [-0.39, 0.29) is 0 Å². The number of benzene rings is 1. The van der Waals surface area contributed by atoms with Crippen LogP contribution in [0.5, 0.6) is 11.5 Å². The van der Waals surface area contributed by atoms with Crippen molar-refractivity contribution in [3.63, 3.8) is 0 Å². The molecule has 0 radical (unpaired) electrons. The number of carboxylic acid groups (broad SMARTS) is 1. The molecule has 1 rings (SSSR count). The maximum atomic E-state index is 10.1. The lowest BCUT2D eigenvalue weighted by molar-refractivity contribution is -0.307. The molecule has 0 saturated heterocycles. The number of hydrogen-bond acceptors (Lipinski definition) is 4. The van der Waals surface area contributed by atoms with E-state index in [1.165, 1.54) is 7.11 Å². The summed E-state index contributed by atoms with van der Waals surface area (Å²) in [5.74, 6) is -0.179. The zero-order valence-corrected chi connectivity index (χ0v) is 7.15. The number of carbonyl (C=O) groups is 1. The number of ether oxygens (including phenoxy) is 2. The molecule has 0 aliphatic carbocycles. The van der Waals surface area contributed by atoms with Crippen LogP contribution in [-0.2, 0) is 4.79 Å². The predicted octanol–water partition coefficient (Wildman–Crippen LogP) is -0.176. The molecule has 1 aromatic rings. The minimum absolute atomic E-state index is 0.448. The van der Waals surface area contributed by atoms with Crippen LogP contribution >= 0.6 is 0 Å². The number of methoxy groups -OCH3 is 1. The Morgan fingerprint density at radius 2 is 2.15 bits per heavy atom. The monoisotopic (exact) mass is 181 g/mol. The van der Waals surface area contributed by atoms with Crippen molar-refractivity contribution < 1.29 is 19.4 Å². The molecule has 0 aromatic heterocycles. The van der Waals surface area contributed by atoms with E-state index in [9.17, 15) is 9.90 Å². The second-order valence-electron chi connectivity index (χ2n) is 2.34. The Morgan fingerprint density at radius 3 is 2.77 bits per heavy atom. The summed E-state index contributed by atoms with van der Waals surface area (Å²) >= 11 is 0. The van der Waals surface area contributed by atoms with Crippen molar-refractivity contribution in [2.75, 3.05) is 13.7 Å². The topological polar surface area (TPSA) is 58.6 Å². The minimum atomic E-state index is -1.25. The van der Waals surface area contributed by atoms with Gasteiger partial charge in [-0.3, -0.25) is 0 Å². The van der Waals surface area contributed by atoms with Gasteiger partial charge in [0.05, 0.1) is 13.1 Å². The molecule has 70 valence electrons. The number of aliphatic carboxylic acids is 1. The highest BCUT2D eigenvalue weighted by Gasteiger charge is 1.95. The zero-order chi connectivity index (χ0) is 9.68. The molecule has 0 spiro atoms. The predicted molar refractivity (Wildman–Crippen MR) is 43.5 cm³/mol. The highest BCUT2D eigenvalue weighted by molar-refractivity contribution is 5.66. The molecule has 4 heteroatoms. The van der Waals surface area contributed by atoms with Gasteiger partial charge >= 0.3 is 0 Å². The molecule has 0 saturated carbocycles. The molecule has 0 fully saturated rings. The fourth-order valence-electron chi connectivity index (χ4n) is 0.833. The largest absolute Gasteiger partial charge is 0.546 e. The molecule has 0 heterocycles. The lowest BCUT2D eigenvalue weighted by atomic mass is 10.3. The summed E-state index contributed by atoms with van der Waals surface area (Å²) in [5.41, 5.74) is 0. The Morgan fingerprint density at radius 1 is 1.46 bits per heavy atom. The van der Waals surface area contributed by atoms with E-state index in [4.69, 9.17) is 9.47 Å². The molecule has 0 aliphatic rings. The number of carbonyl (C=O) groups excluding carboxylic acids is 1. The summed E-state index contributed by atoms with van der Waals surface area (Å²) < 4.78 is 9.79. The van der Waals surface area contributed by atoms with E-state index in [1.54, 1.807) is 24.3 Å². The lowest BCUT2D eigenvalue weighted by Crippen LogP contribution is -2.28. The molecule has 1 aromatic carbocycles. The zero-order valence-electron chi connectivity index (χ0n) is 7.15. The first-order valence-electron chi connectivity index (χ1n) is 3.69. The summed E-state index contributed by atoms with van der Waals surface area (Å²) in [4.78, 5) is 10.1. The summed E-state index contributed by atoms with van der Waals surface area (Å²) in [6, 6.07) is 6.70. The second kappa shape index (κ2) is 4.35. The van der Waals surface area contributed by atoms with E-state index in [0.717, 1.165) is 0 Å². The smallest absolute Gasteiger partial charge is 0.128 e. The van der Waals surface area contributed by atoms with Crippen LogP contribution in [0.2, 0.25) is 0 Å². The standard InChI is InChI=1S/C9H10O4/c1-12-7-3-2-4-8(5-7)13-6-9(10)11/h2-5H,6H2,1H3,(H,10,11)/p-1. The number of carboxylic acids is 1. The fraction of sp³-hybridized carbons (Fsp3) is 0.222. The van der Waals surface area contributed by atoms with Crippen LogP contribution in [0.15, 0.2) is 24.3 Å². The Balaban J connectivity index is 2.61. The third-order valence-corrected chi connectivity index (χ3v) is 1.40. The summed E-state index contributed by atoms with van der Waals surface area (Å²) in [6.07, 6.45) is 0. The third kappa shape index (κ3) is 3.02. The van der Waals surface area contributed by atoms with Crippen molar-refractivity contribution in [3.8, 4) is 11.5 Å². The van der Waals surface area contributed by atoms with Crippen molar-refractivity contribution in [1.82, 2.24) is 0 Å². The van der Waals surface area contributed by atoms with Gasteiger partial charge in [-0.1, -0.05) is 6.07 Å². The SMILES string of the molecule is COc1cccc(OCC(=O)[O-])c1. The Hall–Kier alpha value is -1.71. The van der Waals surface area contributed by atoms with E-state index >= 15 is 0 Å². The van der Waals surface area contributed by atoms with Crippen molar-refractivity contribution in [2.45, 2.75) is 0 Å². The van der Waals surface area contributed by atoms with Gasteiger partial charge in [0.15, 0.2) is 0 Å². The average Bonchev–Trinajstić information content (AvgIpc) is 2.15. The Labute approximate surface area is 75.7 Å². The van der Waals surface area contributed by atoms with Gasteiger partial charge in [0.25, 0.3) is 0 Å². The molecule has 4 nitrogen and oxygen atoms in total. The molecule has 0 amide bonds. The average molecular weight is 181 g/mol. The highest BCUT2D eigenvalue weighted by Crippen LogP contribution is 2.18. The van der Waals surface area contributed by atoms with Crippen LogP contribution in [0.3, 0.4) is 0 Å². The van der Waals surface area contributed by atoms with Gasteiger partial charge in [-0.25, -0.2) is 0 Å². The van der Waals surface area contributed by atoms with E-state index in [1.807, 2.05) is 0 Å². The van der Waals surface area contributed by atoms with Crippen LogP contribution in [0.1, 0.15) is 0 Å². The minimum Gasteiger partial charge on any atom is -0.546 e. The third-order valence-electron chi connectivity index (χ3n) is 1.40. The van der Waals surface area contributed by atoms with Crippen molar-refractivity contribution in [2.24, 2.45) is 0 Å². The van der Waals surface area contributed by atoms with Crippen LogP contribution in [0, 0.1) is 0 Å². The van der Waals surface area contributed by atoms with Gasteiger partial charge in [-0.15, -0.1) is 0 Å². The fourth-order valence-corrected chi connectivity index (χ4v) is 0.833. The molecule has 13 heavy (non-hydrogen) atoms. The number of rotatable bonds is 4.